The summed E-state index contributed by atoms with van der Waals surface area (Å²) in [6.07, 6.45) is 0. The summed E-state index contributed by atoms with van der Waals surface area (Å²) in [7, 11) is 0. The van der Waals surface area contributed by atoms with Crippen molar-refractivity contribution in [3.8, 4) is 0 Å². The Kier molecular flexibility index (Phi) is 4.83. The number of para-hydroxylation sites is 2. The number of amides is 2. The monoisotopic (exact) mass is 343 g/mol. The number of hydrogen-bond donors (Lipinski definition) is 2. The van der Waals surface area contributed by atoms with Gasteiger partial charge in [-0.3, -0.25) is 14.5 Å². The van der Waals surface area contributed by atoms with Gasteiger partial charge in [0.2, 0.25) is 11.8 Å². The number of nitrogens with zero attached hydrogens (tertiary/aromatic N) is 1. The minimum absolute atomic E-state index is 0.0000718. The van der Waals surface area contributed by atoms with Crippen molar-refractivity contribution < 1.29 is 9.59 Å². The Bertz CT molecular complexity index is 761. The molecule has 0 spiro atoms. The molecule has 2 N–H and O–H groups in total. The zero-order chi connectivity index (χ0) is 17.1. The Morgan fingerprint density at radius 1 is 1.25 bits per heavy atom. The molecule has 2 aromatic carbocycles. The Labute approximate surface area is 145 Å². The second-order valence-corrected chi connectivity index (χ2v) is 6.14. The van der Waals surface area contributed by atoms with Crippen molar-refractivity contribution in [1.29, 1.82) is 0 Å². The first-order valence-electron chi connectivity index (χ1n) is 7.72. The van der Waals surface area contributed by atoms with Crippen LogP contribution in [0.25, 0.3) is 0 Å². The third-order valence-electron chi connectivity index (χ3n) is 4.00. The van der Waals surface area contributed by atoms with Gasteiger partial charge in [0.05, 0.1) is 17.9 Å². The highest BCUT2D eigenvalue weighted by Gasteiger charge is 2.26. The summed E-state index contributed by atoms with van der Waals surface area (Å²) >= 11 is 5.89. The van der Waals surface area contributed by atoms with E-state index < -0.39 is 0 Å². The number of fused-ring (bicyclic) bond motifs is 1. The third kappa shape index (κ3) is 3.58. The van der Waals surface area contributed by atoms with Crippen molar-refractivity contribution in [2.45, 2.75) is 13.0 Å². The minimum atomic E-state index is -0.187. The quantitative estimate of drug-likeness (QED) is 0.897. The highest BCUT2D eigenvalue weighted by molar-refractivity contribution is 6.30. The molecule has 1 aliphatic rings. The lowest BCUT2D eigenvalue weighted by atomic mass is 10.1. The van der Waals surface area contributed by atoms with Crippen LogP contribution in [0.5, 0.6) is 0 Å². The molecule has 0 aliphatic carbocycles. The normalized spacial score (nSPS) is 14.8. The van der Waals surface area contributed by atoms with E-state index in [0.29, 0.717) is 10.7 Å². The maximum Gasteiger partial charge on any atom is 0.244 e. The van der Waals surface area contributed by atoms with Crippen LogP contribution in [-0.4, -0.2) is 24.9 Å². The molecule has 3 rings (SSSR count). The molecule has 5 nitrogen and oxygen atoms in total. The lowest BCUT2D eigenvalue weighted by Crippen LogP contribution is -2.46. The summed E-state index contributed by atoms with van der Waals surface area (Å²) < 4.78 is 0. The summed E-state index contributed by atoms with van der Waals surface area (Å²) in [6, 6.07) is 14.8. The van der Waals surface area contributed by atoms with Crippen molar-refractivity contribution in [2.24, 2.45) is 0 Å². The van der Waals surface area contributed by atoms with E-state index in [-0.39, 0.29) is 30.9 Å². The fraction of sp³-hybridized carbons (Fsp3) is 0.222. The van der Waals surface area contributed by atoms with Crippen molar-refractivity contribution in [2.75, 3.05) is 23.3 Å². The average Bonchev–Trinajstić information content (AvgIpc) is 2.59. The Balaban J connectivity index is 1.67. The molecule has 0 fully saturated rings. The van der Waals surface area contributed by atoms with E-state index in [0.717, 1.165) is 11.3 Å². The number of halogens is 1. The molecule has 0 aromatic heterocycles. The van der Waals surface area contributed by atoms with Crippen LogP contribution in [-0.2, 0) is 9.59 Å². The largest absolute Gasteiger partial charge is 0.323 e. The molecule has 0 unspecified atom stereocenters. The molecule has 1 aliphatic heterocycles. The van der Waals surface area contributed by atoms with Gasteiger partial charge < -0.3 is 10.6 Å². The van der Waals surface area contributed by atoms with Gasteiger partial charge in [-0.25, -0.2) is 0 Å². The molecule has 0 saturated carbocycles. The molecule has 6 heteroatoms. The maximum atomic E-state index is 12.6. The fourth-order valence-corrected chi connectivity index (χ4v) is 2.79. The van der Waals surface area contributed by atoms with Gasteiger partial charge in [0.1, 0.15) is 6.54 Å². The molecule has 24 heavy (non-hydrogen) atoms. The van der Waals surface area contributed by atoms with Crippen LogP contribution in [0.15, 0.2) is 48.5 Å². The molecule has 0 bridgehead atoms. The van der Waals surface area contributed by atoms with Gasteiger partial charge in [-0.15, -0.1) is 0 Å². The van der Waals surface area contributed by atoms with Crippen LogP contribution in [0, 0.1) is 0 Å². The van der Waals surface area contributed by atoms with Gasteiger partial charge in [0.15, 0.2) is 0 Å². The Morgan fingerprint density at radius 2 is 1.96 bits per heavy atom. The van der Waals surface area contributed by atoms with E-state index in [1.807, 2.05) is 49.4 Å². The fourth-order valence-electron chi connectivity index (χ4n) is 2.66. The first-order chi connectivity index (χ1) is 11.5. The van der Waals surface area contributed by atoms with Crippen molar-refractivity contribution in [3.63, 3.8) is 0 Å². The highest BCUT2D eigenvalue weighted by atomic mass is 35.5. The number of benzene rings is 2. The van der Waals surface area contributed by atoms with Crippen LogP contribution >= 0.6 is 11.6 Å². The number of anilines is 2. The molecule has 1 atom stereocenters. The minimum Gasteiger partial charge on any atom is -0.323 e. The first kappa shape index (κ1) is 16.5. The predicted octanol–water partition coefficient (Wildman–Crippen LogP) is 2.98. The molecule has 1 heterocycles. The summed E-state index contributed by atoms with van der Waals surface area (Å²) in [5.41, 5.74) is 2.43. The zero-order valence-electron chi connectivity index (χ0n) is 13.3. The van der Waals surface area contributed by atoms with E-state index in [9.17, 15) is 9.59 Å². The molecule has 0 radical (unpaired) electrons. The van der Waals surface area contributed by atoms with E-state index >= 15 is 0 Å². The SMILES string of the molecule is C[C@@H](NCC(=O)N1CC(=O)Nc2ccccc21)c1ccc(Cl)cc1. The second kappa shape index (κ2) is 7.03. The first-order valence-corrected chi connectivity index (χ1v) is 8.10. The second-order valence-electron chi connectivity index (χ2n) is 5.70. The van der Waals surface area contributed by atoms with Gasteiger partial charge in [0.25, 0.3) is 0 Å². The van der Waals surface area contributed by atoms with E-state index in [1.54, 1.807) is 6.07 Å². The molecule has 2 aromatic rings. The van der Waals surface area contributed by atoms with Gasteiger partial charge in [-0.05, 0) is 36.8 Å². The number of nitrogens with one attached hydrogen (secondary N) is 2. The molecule has 0 saturated heterocycles. The number of hydrogen-bond acceptors (Lipinski definition) is 3. The van der Waals surface area contributed by atoms with E-state index in [4.69, 9.17) is 11.6 Å². The van der Waals surface area contributed by atoms with Crippen LogP contribution in [0.2, 0.25) is 5.02 Å². The number of carbonyl (C=O) groups excluding carboxylic acids is 2. The van der Waals surface area contributed by atoms with E-state index in [1.165, 1.54) is 4.90 Å². The topological polar surface area (TPSA) is 61.4 Å². The van der Waals surface area contributed by atoms with Crippen LogP contribution in [0.3, 0.4) is 0 Å². The van der Waals surface area contributed by atoms with Crippen molar-refractivity contribution in [1.82, 2.24) is 5.32 Å². The Hall–Kier alpha value is -2.37. The average molecular weight is 344 g/mol. The molecular weight excluding hydrogens is 326 g/mol. The van der Waals surface area contributed by atoms with Crippen LogP contribution in [0.1, 0.15) is 18.5 Å². The molecular formula is C18H18ClN3O2. The molecule has 124 valence electrons. The van der Waals surface area contributed by atoms with Gasteiger partial charge >= 0.3 is 0 Å². The van der Waals surface area contributed by atoms with Gasteiger partial charge in [-0.1, -0.05) is 35.9 Å². The smallest absolute Gasteiger partial charge is 0.244 e. The van der Waals surface area contributed by atoms with Crippen LogP contribution in [0.4, 0.5) is 11.4 Å². The summed E-state index contributed by atoms with van der Waals surface area (Å²) in [5, 5.41) is 6.65. The van der Waals surface area contributed by atoms with Crippen molar-refractivity contribution >= 4 is 34.8 Å². The van der Waals surface area contributed by atoms with Crippen LogP contribution < -0.4 is 15.5 Å². The lowest BCUT2D eigenvalue weighted by Gasteiger charge is -2.29. The van der Waals surface area contributed by atoms with Gasteiger partial charge in [0, 0.05) is 11.1 Å². The maximum absolute atomic E-state index is 12.6. The Morgan fingerprint density at radius 3 is 2.71 bits per heavy atom. The summed E-state index contributed by atoms with van der Waals surface area (Å²) in [5.74, 6) is -0.328. The predicted molar refractivity (Wildman–Crippen MR) is 95.3 cm³/mol. The summed E-state index contributed by atoms with van der Waals surface area (Å²) in [6.45, 7) is 2.16. The van der Waals surface area contributed by atoms with E-state index in [2.05, 4.69) is 10.6 Å². The lowest BCUT2D eigenvalue weighted by molar-refractivity contribution is -0.121. The van der Waals surface area contributed by atoms with Gasteiger partial charge in [-0.2, -0.15) is 0 Å². The number of rotatable bonds is 4. The summed E-state index contributed by atoms with van der Waals surface area (Å²) in [4.78, 5) is 25.9. The molecule has 2 amide bonds. The number of carbonyl (C=O) groups is 2. The third-order valence-corrected chi connectivity index (χ3v) is 4.25. The zero-order valence-corrected chi connectivity index (χ0v) is 14.0. The standard InChI is InChI=1S/C18H18ClN3O2/c1-12(13-6-8-14(19)9-7-13)20-10-18(24)22-11-17(23)21-15-4-2-3-5-16(15)22/h2-9,12,20H,10-11H2,1H3,(H,21,23)/t12-/m1/s1. The highest BCUT2D eigenvalue weighted by Crippen LogP contribution is 2.28. The van der Waals surface area contributed by atoms with Crippen molar-refractivity contribution in [3.05, 3.63) is 59.1 Å².